The molecule has 7 nitrogen and oxygen atoms in total. The maximum Gasteiger partial charge on any atom is 0.327 e. The first-order valence-corrected chi connectivity index (χ1v) is 10.4. The van der Waals surface area contributed by atoms with Crippen molar-refractivity contribution in [1.82, 2.24) is 15.0 Å². The number of nitrogens with zero attached hydrogens (tertiary/aromatic N) is 4. The van der Waals surface area contributed by atoms with E-state index >= 15 is 0 Å². The summed E-state index contributed by atoms with van der Waals surface area (Å²) in [6.07, 6.45) is 10.1. The fourth-order valence-electron chi connectivity index (χ4n) is 4.10. The number of hydrazone groups is 1. The van der Waals surface area contributed by atoms with Crippen LogP contribution in [0.1, 0.15) is 51.9 Å². The van der Waals surface area contributed by atoms with Gasteiger partial charge in [0.2, 0.25) is 0 Å². The van der Waals surface area contributed by atoms with E-state index in [4.69, 9.17) is 4.74 Å². The lowest BCUT2D eigenvalue weighted by Gasteiger charge is -2.32. The van der Waals surface area contributed by atoms with Crippen LogP contribution < -0.4 is 0 Å². The third-order valence-corrected chi connectivity index (χ3v) is 5.47. The molecule has 0 amide bonds. The number of allylic oxidation sites excluding steroid dienone is 2. The average Bonchev–Trinajstić information content (AvgIpc) is 3.42. The van der Waals surface area contributed by atoms with E-state index < -0.39 is 5.60 Å². The number of fused-ring (bicyclic) bond motifs is 1. The number of hydrogen-bond acceptors (Lipinski definition) is 7. The molecule has 4 rings (SSSR count). The zero-order valence-corrected chi connectivity index (χ0v) is 18.2. The Kier molecular flexibility index (Phi) is 5.08. The Hall–Kier alpha value is -2.83. The predicted octanol–water partition coefficient (Wildman–Crippen LogP) is 3.11. The number of carbonyl (C=O) groups is 2. The van der Waals surface area contributed by atoms with Gasteiger partial charge in [-0.25, -0.2) is 9.97 Å². The summed E-state index contributed by atoms with van der Waals surface area (Å²) in [5.74, 6) is 0.558. The van der Waals surface area contributed by atoms with Gasteiger partial charge in [0.1, 0.15) is 23.7 Å². The number of esters is 1. The quantitative estimate of drug-likeness (QED) is 0.696. The second-order valence-corrected chi connectivity index (χ2v) is 9.26. The number of ether oxygens (including phenoxy) is 1. The number of ketones is 1. The summed E-state index contributed by atoms with van der Waals surface area (Å²) in [6, 6.07) is -0.126. The molecule has 3 aliphatic rings. The second-order valence-electron chi connectivity index (χ2n) is 9.26. The van der Waals surface area contributed by atoms with Gasteiger partial charge in [0.25, 0.3) is 0 Å². The monoisotopic (exact) mass is 408 g/mol. The summed E-state index contributed by atoms with van der Waals surface area (Å²) in [4.78, 5) is 33.5. The first kappa shape index (κ1) is 20.4. The molecule has 2 atom stereocenters. The largest absolute Gasteiger partial charge is 0.459 e. The van der Waals surface area contributed by atoms with Crippen LogP contribution in [0.5, 0.6) is 0 Å². The number of hydrogen-bond donors (Lipinski definition) is 0. The SMILES string of the molecule is CC(=O)C1=NN(CC(=O)OC(C)(C)C)C2C(C3CC3)=CC(c3cnc(C)nc3)=CC12. The second kappa shape index (κ2) is 7.45. The lowest BCUT2D eigenvalue weighted by molar-refractivity contribution is -0.156. The Bertz CT molecular complexity index is 965. The van der Waals surface area contributed by atoms with Gasteiger partial charge >= 0.3 is 5.97 Å². The van der Waals surface area contributed by atoms with Crippen molar-refractivity contribution in [3.63, 3.8) is 0 Å². The molecule has 7 heteroatoms. The molecule has 1 aromatic heterocycles. The summed E-state index contributed by atoms with van der Waals surface area (Å²) in [6.45, 7) is 8.94. The third-order valence-electron chi connectivity index (χ3n) is 5.47. The van der Waals surface area contributed by atoms with Crippen LogP contribution in [-0.4, -0.2) is 50.6 Å². The molecule has 2 aliphatic carbocycles. The first-order chi connectivity index (χ1) is 14.1. The molecule has 1 aliphatic heterocycles. The maximum atomic E-state index is 12.5. The van der Waals surface area contributed by atoms with Gasteiger partial charge in [-0.2, -0.15) is 5.10 Å². The summed E-state index contributed by atoms with van der Waals surface area (Å²) in [5.41, 5.74) is 3.07. The minimum atomic E-state index is -0.566. The van der Waals surface area contributed by atoms with Crippen LogP contribution >= 0.6 is 0 Å². The molecule has 0 N–H and O–H groups in total. The fraction of sp³-hybridized carbons (Fsp3) is 0.522. The Morgan fingerprint density at radius 2 is 1.87 bits per heavy atom. The number of carbonyl (C=O) groups excluding carboxylic acids is 2. The molecule has 1 aromatic rings. The highest BCUT2D eigenvalue weighted by Crippen LogP contribution is 2.47. The lowest BCUT2D eigenvalue weighted by atomic mass is 9.79. The van der Waals surface area contributed by atoms with Crippen molar-refractivity contribution >= 4 is 23.0 Å². The van der Waals surface area contributed by atoms with Gasteiger partial charge in [0, 0.05) is 24.9 Å². The molecule has 2 heterocycles. The molecule has 0 aromatic carbocycles. The van der Waals surface area contributed by atoms with Gasteiger partial charge in [0.15, 0.2) is 5.78 Å². The zero-order chi connectivity index (χ0) is 21.6. The molecule has 0 bridgehead atoms. The van der Waals surface area contributed by atoms with Gasteiger partial charge in [-0.1, -0.05) is 12.2 Å². The molecule has 0 saturated heterocycles. The van der Waals surface area contributed by atoms with E-state index in [9.17, 15) is 9.59 Å². The van der Waals surface area contributed by atoms with E-state index in [1.54, 1.807) is 5.01 Å². The average molecular weight is 409 g/mol. The number of Topliss-reactive ketones (excluding diaryl/α,β-unsaturated/α-hetero) is 1. The summed E-state index contributed by atoms with van der Waals surface area (Å²) in [5, 5.41) is 6.34. The highest BCUT2D eigenvalue weighted by molar-refractivity contribution is 6.41. The molecule has 158 valence electrons. The third kappa shape index (κ3) is 4.20. The lowest BCUT2D eigenvalue weighted by Crippen LogP contribution is -2.41. The zero-order valence-electron chi connectivity index (χ0n) is 18.2. The van der Waals surface area contributed by atoms with E-state index in [2.05, 4.69) is 27.2 Å². The Balaban J connectivity index is 1.68. The minimum absolute atomic E-state index is 0.0239. The first-order valence-electron chi connectivity index (χ1n) is 10.4. The van der Waals surface area contributed by atoms with Gasteiger partial charge in [-0.3, -0.25) is 14.6 Å². The van der Waals surface area contributed by atoms with Crippen molar-refractivity contribution in [1.29, 1.82) is 0 Å². The molecule has 2 unspecified atom stereocenters. The molecule has 0 radical (unpaired) electrons. The molecule has 1 saturated carbocycles. The van der Waals surface area contributed by atoms with Crippen molar-refractivity contribution in [2.24, 2.45) is 16.9 Å². The van der Waals surface area contributed by atoms with Crippen LogP contribution in [0.2, 0.25) is 0 Å². The van der Waals surface area contributed by atoms with E-state index in [-0.39, 0.29) is 30.3 Å². The highest BCUT2D eigenvalue weighted by Gasteiger charge is 2.46. The number of aryl methyl sites for hydroxylation is 1. The molecule has 1 fully saturated rings. The number of aromatic nitrogens is 2. The Morgan fingerprint density at radius 1 is 1.20 bits per heavy atom. The smallest absolute Gasteiger partial charge is 0.327 e. The van der Waals surface area contributed by atoms with Crippen molar-refractivity contribution in [2.45, 2.75) is 59.1 Å². The molecule has 0 spiro atoms. The van der Waals surface area contributed by atoms with Gasteiger partial charge in [-0.15, -0.1) is 0 Å². The minimum Gasteiger partial charge on any atom is -0.459 e. The van der Waals surface area contributed by atoms with Crippen LogP contribution in [0.15, 0.2) is 35.2 Å². The van der Waals surface area contributed by atoms with Gasteiger partial charge < -0.3 is 4.74 Å². The van der Waals surface area contributed by atoms with Crippen LogP contribution in [0.25, 0.3) is 5.57 Å². The van der Waals surface area contributed by atoms with E-state index in [0.29, 0.717) is 11.6 Å². The summed E-state index contributed by atoms with van der Waals surface area (Å²) in [7, 11) is 0. The van der Waals surface area contributed by atoms with E-state index in [1.165, 1.54) is 12.5 Å². The standard InChI is InChI=1S/C23H28N4O3/c1-13(28)21-19-9-16(17-10-24-14(2)25-11-17)8-18(15-6-7-15)22(19)27(26-21)12-20(29)30-23(3,4)5/h8-11,15,19,22H,6-7,12H2,1-5H3. The van der Waals surface area contributed by atoms with Crippen LogP contribution in [0, 0.1) is 18.8 Å². The molecular weight excluding hydrogens is 380 g/mol. The molecule has 30 heavy (non-hydrogen) atoms. The van der Waals surface area contributed by atoms with Crippen molar-refractivity contribution in [3.8, 4) is 0 Å². The number of rotatable bonds is 5. The Labute approximate surface area is 176 Å². The highest BCUT2D eigenvalue weighted by atomic mass is 16.6. The van der Waals surface area contributed by atoms with E-state index in [1.807, 2.05) is 40.1 Å². The topological polar surface area (TPSA) is 84.8 Å². The fourth-order valence-corrected chi connectivity index (χ4v) is 4.10. The summed E-state index contributed by atoms with van der Waals surface area (Å²) >= 11 is 0. The molecular formula is C23H28N4O3. The van der Waals surface area contributed by atoms with Crippen LogP contribution in [0.4, 0.5) is 0 Å². The Morgan fingerprint density at radius 3 is 2.43 bits per heavy atom. The maximum absolute atomic E-state index is 12.5. The normalized spacial score (nSPS) is 23.4. The van der Waals surface area contributed by atoms with Crippen molar-refractivity contribution in [3.05, 3.63) is 41.5 Å². The van der Waals surface area contributed by atoms with Crippen LogP contribution in [-0.2, 0) is 14.3 Å². The van der Waals surface area contributed by atoms with Crippen molar-refractivity contribution in [2.75, 3.05) is 6.54 Å². The van der Waals surface area contributed by atoms with E-state index in [0.717, 1.165) is 29.8 Å². The van der Waals surface area contributed by atoms with Gasteiger partial charge in [-0.05, 0) is 57.6 Å². The van der Waals surface area contributed by atoms with Crippen LogP contribution in [0.3, 0.4) is 0 Å². The van der Waals surface area contributed by atoms with Gasteiger partial charge in [0.05, 0.1) is 12.0 Å². The van der Waals surface area contributed by atoms with Crippen molar-refractivity contribution < 1.29 is 14.3 Å². The predicted molar refractivity (Wildman–Crippen MR) is 113 cm³/mol. The summed E-state index contributed by atoms with van der Waals surface area (Å²) < 4.78 is 5.50.